The van der Waals surface area contributed by atoms with Gasteiger partial charge in [-0.15, -0.1) is 0 Å². The molecule has 0 radical (unpaired) electrons. The number of esters is 1. The Morgan fingerprint density at radius 1 is 1.07 bits per heavy atom. The lowest BCUT2D eigenvalue weighted by Crippen LogP contribution is -2.16. The SMILES string of the molecule is CCOC(=O)c1ccccc1NC(=O)c1ccnc(Nc2cccc(Cl)c2)c1. The maximum atomic E-state index is 12.7. The van der Waals surface area contributed by atoms with Gasteiger partial charge in [0.1, 0.15) is 5.82 Å². The summed E-state index contributed by atoms with van der Waals surface area (Å²) >= 11 is 5.98. The van der Waals surface area contributed by atoms with E-state index in [-0.39, 0.29) is 12.5 Å². The van der Waals surface area contributed by atoms with Gasteiger partial charge >= 0.3 is 5.97 Å². The van der Waals surface area contributed by atoms with Crippen LogP contribution in [-0.2, 0) is 4.74 Å². The van der Waals surface area contributed by atoms with Gasteiger partial charge in [0.2, 0.25) is 0 Å². The summed E-state index contributed by atoms with van der Waals surface area (Å²) in [5, 5.41) is 6.44. The van der Waals surface area contributed by atoms with Crippen molar-refractivity contribution in [2.45, 2.75) is 6.92 Å². The number of hydrogen-bond acceptors (Lipinski definition) is 5. The first kappa shape index (κ1) is 19.4. The van der Waals surface area contributed by atoms with E-state index in [2.05, 4.69) is 15.6 Å². The summed E-state index contributed by atoms with van der Waals surface area (Å²) in [6.45, 7) is 1.98. The molecule has 0 aliphatic heterocycles. The van der Waals surface area contributed by atoms with Gasteiger partial charge in [0.05, 0.1) is 17.9 Å². The van der Waals surface area contributed by atoms with E-state index in [1.165, 1.54) is 6.20 Å². The molecule has 3 rings (SSSR count). The Labute approximate surface area is 167 Å². The zero-order valence-corrected chi connectivity index (χ0v) is 15.9. The minimum absolute atomic E-state index is 0.254. The van der Waals surface area contributed by atoms with Crippen LogP contribution in [0.5, 0.6) is 0 Å². The number of rotatable bonds is 6. The number of hydrogen-bond donors (Lipinski definition) is 2. The molecule has 0 saturated carbocycles. The Hall–Kier alpha value is -3.38. The standard InChI is InChI=1S/C21H18ClN3O3/c1-2-28-21(27)17-8-3-4-9-18(17)25-20(26)14-10-11-23-19(12-14)24-16-7-5-6-15(22)13-16/h3-13H,2H2,1H3,(H,23,24)(H,25,26). The fourth-order valence-electron chi connectivity index (χ4n) is 2.53. The predicted molar refractivity (Wildman–Crippen MR) is 109 cm³/mol. The third-order valence-electron chi connectivity index (χ3n) is 3.79. The molecule has 0 atom stereocenters. The number of carbonyl (C=O) groups excluding carboxylic acids is 2. The third kappa shape index (κ3) is 4.86. The highest BCUT2D eigenvalue weighted by Crippen LogP contribution is 2.21. The average molecular weight is 396 g/mol. The van der Waals surface area contributed by atoms with Crippen LogP contribution in [0.15, 0.2) is 66.9 Å². The van der Waals surface area contributed by atoms with Gasteiger partial charge < -0.3 is 15.4 Å². The smallest absolute Gasteiger partial charge is 0.340 e. The van der Waals surface area contributed by atoms with Crippen LogP contribution in [0.3, 0.4) is 0 Å². The number of ether oxygens (including phenoxy) is 1. The molecule has 2 aromatic carbocycles. The number of aromatic nitrogens is 1. The Morgan fingerprint density at radius 2 is 1.89 bits per heavy atom. The van der Waals surface area contributed by atoms with Gasteiger partial charge in [0.25, 0.3) is 5.91 Å². The summed E-state index contributed by atoms with van der Waals surface area (Å²) < 4.78 is 5.03. The Morgan fingerprint density at radius 3 is 2.68 bits per heavy atom. The molecule has 2 N–H and O–H groups in total. The zero-order valence-electron chi connectivity index (χ0n) is 15.1. The van der Waals surface area contributed by atoms with Gasteiger partial charge in [-0.05, 0) is 49.4 Å². The normalized spacial score (nSPS) is 10.2. The van der Waals surface area contributed by atoms with Gasteiger partial charge in [-0.1, -0.05) is 29.8 Å². The number of anilines is 3. The van der Waals surface area contributed by atoms with Gasteiger partial charge in [-0.3, -0.25) is 4.79 Å². The molecular weight excluding hydrogens is 378 g/mol. The average Bonchev–Trinajstić information content (AvgIpc) is 2.69. The van der Waals surface area contributed by atoms with Crippen LogP contribution in [0.25, 0.3) is 0 Å². The number of amides is 1. The van der Waals surface area contributed by atoms with E-state index >= 15 is 0 Å². The summed E-state index contributed by atoms with van der Waals surface area (Å²) in [6.07, 6.45) is 1.53. The number of halogens is 1. The number of nitrogens with one attached hydrogen (secondary N) is 2. The molecule has 0 spiro atoms. The van der Waals surface area contributed by atoms with Crippen molar-refractivity contribution in [3.05, 3.63) is 83.0 Å². The summed E-state index contributed by atoms with van der Waals surface area (Å²) in [5.41, 5.74) is 1.82. The maximum Gasteiger partial charge on any atom is 0.340 e. The summed E-state index contributed by atoms with van der Waals surface area (Å²) in [4.78, 5) is 28.9. The second-order valence-electron chi connectivity index (χ2n) is 5.79. The maximum absolute atomic E-state index is 12.7. The van der Waals surface area contributed by atoms with Gasteiger partial charge in [-0.25, -0.2) is 9.78 Å². The Bertz CT molecular complexity index is 1010. The lowest BCUT2D eigenvalue weighted by atomic mass is 10.1. The van der Waals surface area contributed by atoms with Crippen molar-refractivity contribution in [1.82, 2.24) is 4.98 Å². The molecule has 28 heavy (non-hydrogen) atoms. The van der Waals surface area contributed by atoms with Crippen LogP contribution < -0.4 is 10.6 Å². The topological polar surface area (TPSA) is 80.3 Å². The number of pyridine rings is 1. The molecule has 0 aliphatic rings. The molecule has 7 heteroatoms. The van der Waals surface area contributed by atoms with Crippen LogP contribution in [0.1, 0.15) is 27.6 Å². The quantitative estimate of drug-likeness (QED) is 0.580. The summed E-state index contributed by atoms with van der Waals surface area (Å²) in [6, 6.07) is 17.1. The monoisotopic (exact) mass is 395 g/mol. The van der Waals surface area contributed by atoms with Crippen molar-refractivity contribution in [2.75, 3.05) is 17.2 Å². The highest BCUT2D eigenvalue weighted by Gasteiger charge is 2.15. The molecule has 6 nitrogen and oxygen atoms in total. The van der Waals surface area contributed by atoms with Gasteiger partial charge in [-0.2, -0.15) is 0 Å². The third-order valence-corrected chi connectivity index (χ3v) is 4.02. The fraction of sp³-hybridized carbons (Fsp3) is 0.0952. The molecule has 0 bridgehead atoms. The largest absolute Gasteiger partial charge is 0.462 e. The van der Waals surface area contributed by atoms with Crippen molar-refractivity contribution in [3.63, 3.8) is 0 Å². The van der Waals surface area contributed by atoms with Crippen LogP contribution >= 0.6 is 11.6 Å². The van der Waals surface area contributed by atoms with E-state index < -0.39 is 5.97 Å². The molecule has 1 heterocycles. The minimum atomic E-state index is -0.489. The number of para-hydroxylation sites is 1. The first-order valence-electron chi connectivity index (χ1n) is 8.63. The van der Waals surface area contributed by atoms with Crippen molar-refractivity contribution in [3.8, 4) is 0 Å². The molecular formula is C21H18ClN3O3. The van der Waals surface area contributed by atoms with E-state index in [9.17, 15) is 9.59 Å². The van der Waals surface area contributed by atoms with Crippen LogP contribution in [-0.4, -0.2) is 23.5 Å². The minimum Gasteiger partial charge on any atom is -0.462 e. The summed E-state index contributed by atoms with van der Waals surface area (Å²) in [7, 11) is 0. The van der Waals surface area contributed by atoms with Crippen LogP contribution in [0.4, 0.5) is 17.2 Å². The van der Waals surface area contributed by atoms with E-state index in [1.54, 1.807) is 55.5 Å². The molecule has 142 valence electrons. The first-order chi connectivity index (χ1) is 13.6. The number of carbonyl (C=O) groups is 2. The first-order valence-corrected chi connectivity index (χ1v) is 9.00. The zero-order chi connectivity index (χ0) is 19.9. The van der Waals surface area contributed by atoms with E-state index in [4.69, 9.17) is 16.3 Å². The highest BCUT2D eigenvalue weighted by molar-refractivity contribution is 6.30. The molecule has 0 saturated heterocycles. The number of nitrogens with zero attached hydrogens (tertiary/aromatic N) is 1. The molecule has 1 amide bonds. The fourth-order valence-corrected chi connectivity index (χ4v) is 2.72. The lowest BCUT2D eigenvalue weighted by molar-refractivity contribution is 0.0527. The van der Waals surface area contributed by atoms with Crippen molar-refractivity contribution < 1.29 is 14.3 Å². The van der Waals surface area contributed by atoms with E-state index in [0.717, 1.165) is 5.69 Å². The summed E-state index contributed by atoms with van der Waals surface area (Å²) in [5.74, 6) is -0.363. The van der Waals surface area contributed by atoms with Crippen LogP contribution in [0, 0.1) is 0 Å². The predicted octanol–water partition coefficient (Wildman–Crippen LogP) is 4.91. The molecule has 0 unspecified atom stereocenters. The van der Waals surface area contributed by atoms with Crippen molar-refractivity contribution in [2.24, 2.45) is 0 Å². The van der Waals surface area contributed by atoms with Crippen molar-refractivity contribution in [1.29, 1.82) is 0 Å². The van der Waals surface area contributed by atoms with Gasteiger partial charge in [0, 0.05) is 22.5 Å². The van der Waals surface area contributed by atoms with Crippen LogP contribution in [0.2, 0.25) is 5.02 Å². The highest BCUT2D eigenvalue weighted by atomic mass is 35.5. The molecule has 1 aromatic heterocycles. The van der Waals surface area contributed by atoms with E-state index in [0.29, 0.717) is 27.7 Å². The molecule has 0 aliphatic carbocycles. The Kier molecular flexibility index (Phi) is 6.24. The second-order valence-corrected chi connectivity index (χ2v) is 6.22. The number of benzene rings is 2. The second kappa shape index (κ2) is 9.01. The molecule has 0 fully saturated rings. The van der Waals surface area contributed by atoms with E-state index in [1.807, 2.05) is 12.1 Å². The van der Waals surface area contributed by atoms with Crippen molar-refractivity contribution >= 4 is 40.7 Å². The Balaban J connectivity index is 1.78. The lowest BCUT2D eigenvalue weighted by Gasteiger charge is -2.11. The molecule has 3 aromatic rings. The van der Waals surface area contributed by atoms with Gasteiger partial charge in [0.15, 0.2) is 0 Å².